The summed E-state index contributed by atoms with van der Waals surface area (Å²) in [6.45, 7) is 5.71. The van der Waals surface area contributed by atoms with E-state index in [-0.39, 0.29) is 6.03 Å². The van der Waals surface area contributed by atoms with Crippen molar-refractivity contribution in [2.45, 2.75) is 20.8 Å². The molecule has 0 aliphatic heterocycles. The number of aryl methyl sites for hydroxylation is 3. The number of carbonyl (C=O) groups excluding carboxylic acids is 2. The largest absolute Gasteiger partial charge is 0.341 e. The van der Waals surface area contributed by atoms with Gasteiger partial charge in [-0.25, -0.2) is 4.79 Å². The van der Waals surface area contributed by atoms with Gasteiger partial charge in [0.2, 0.25) is 6.41 Å². The van der Waals surface area contributed by atoms with E-state index in [1.165, 1.54) is 0 Å². The maximum atomic E-state index is 12.2. The number of rotatable bonds is 4. The Morgan fingerprint density at radius 3 is 2.46 bits per heavy atom. The zero-order chi connectivity index (χ0) is 20.4. The molecule has 144 valence electrons. The molecule has 3 aromatic rings. The highest BCUT2D eigenvalue weighted by atomic mass is 16.2. The zero-order valence-corrected chi connectivity index (χ0v) is 16.6. The van der Waals surface area contributed by atoms with Crippen molar-refractivity contribution in [1.29, 1.82) is 0 Å². The Kier molecular flexibility index (Phi) is 5.26. The highest BCUT2D eigenvalue weighted by molar-refractivity contribution is 6.08. The first-order chi connectivity index (χ1) is 13.4. The lowest BCUT2D eigenvalue weighted by molar-refractivity contribution is -0.106. The van der Waals surface area contributed by atoms with E-state index in [1.54, 1.807) is 36.3 Å². The molecule has 3 amide bonds. The molecule has 1 aromatic carbocycles. The summed E-state index contributed by atoms with van der Waals surface area (Å²) in [6.07, 6.45) is 4.21. The van der Waals surface area contributed by atoms with Gasteiger partial charge in [-0.3, -0.25) is 24.6 Å². The Bertz CT molecular complexity index is 1040. The summed E-state index contributed by atoms with van der Waals surface area (Å²) in [6, 6.07) is 7.24. The molecular weight excluding hydrogens is 354 g/mol. The number of pyridine rings is 2. The Morgan fingerprint density at radius 2 is 1.82 bits per heavy atom. The zero-order valence-electron chi connectivity index (χ0n) is 16.6. The van der Waals surface area contributed by atoms with Crippen molar-refractivity contribution in [3.05, 3.63) is 53.5 Å². The highest BCUT2D eigenvalue weighted by Crippen LogP contribution is 2.37. The van der Waals surface area contributed by atoms with E-state index in [9.17, 15) is 9.59 Å². The van der Waals surface area contributed by atoms with Crippen LogP contribution in [-0.2, 0) is 4.79 Å². The van der Waals surface area contributed by atoms with Gasteiger partial charge in [-0.1, -0.05) is 12.1 Å². The lowest BCUT2D eigenvalue weighted by atomic mass is 10.1. The van der Waals surface area contributed by atoms with E-state index in [0.717, 1.165) is 40.0 Å². The van der Waals surface area contributed by atoms with Crippen molar-refractivity contribution in [2.24, 2.45) is 0 Å². The first-order valence-electron chi connectivity index (χ1n) is 8.91. The summed E-state index contributed by atoms with van der Waals surface area (Å²) < 4.78 is 0. The predicted octanol–water partition coefficient (Wildman–Crippen LogP) is 3.63. The highest BCUT2D eigenvalue weighted by Gasteiger charge is 2.21. The van der Waals surface area contributed by atoms with E-state index in [1.807, 2.05) is 45.0 Å². The molecule has 7 heteroatoms. The molecule has 0 fully saturated rings. The number of fused-ring (bicyclic) bond motifs is 1. The number of benzene rings is 1. The third-order valence-corrected chi connectivity index (χ3v) is 4.80. The number of anilines is 3. The quantitative estimate of drug-likeness (QED) is 0.704. The summed E-state index contributed by atoms with van der Waals surface area (Å²) in [4.78, 5) is 36.3. The van der Waals surface area contributed by atoms with Gasteiger partial charge >= 0.3 is 6.03 Å². The predicted molar refractivity (Wildman–Crippen MR) is 111 cm³/mol. The number of nitrogens with one attached hydrogen (secondary N) is 1. The third-order valence-electron chi connectivity index (χ3n) is 4.80. The average Bonchev–Trinajstić information content (AvgIpc) is 2.69. The van der Waals surface area contributed by atoms with Gasteiger partial charge in [0, 0.05) is 31.9 Å². The molecule has 0 radical (unpaired) electrons. The lowest BCUT2D eigenvalue weighted by Gasteiger charge is -2.25. The number of nitrogens with zero attached hydrogens (tertiary/aromatic N) is 4. The van der Waals surface area contributed by atoms with E-state index in [2.05, 4.69) is 15.3 Å². The van der Waals surface area contributed by atoms with Crippen LogP contribution in [-0.4, -0.2) is 36.5 Å². The van der Waals surface area contributed by atoms with Crippen LogP contribution in [0.15, 0.2) is 36.7 Å². The van der Waals surface area contributed by atoms with Gasteiger partial charge in [0.15, 0.2) is 0 Å². The van der Waals surface area contributed by atoms with Crippen LogP contribution in [0.1, 0.15) is 16.8 Å². The minimum Gasteiger partial charge on any atom is -0.341 e. The van der Waals surface area contributed by atoms with Crippen molar-refractivity contribution in [3.8, 4) is 0 Å². The monoisotopic (exact) mass is 377 g/mol. The maximum absolute atomic E-state index is 12.2. The molecule has 0 saturated heterocycles. The second-order valence-corrected chi connectivity index (χ2v) is 6.61. The van der Waals surface area contributed by atoms with Crippen LogP contribution in [0.5, 0.6) is 0 Å². The van der Waals surface area contributed by atoms with Gasteiger partial charge in [0.1, 0.15) is 0 Å². The van der Waals surface area contributed by atoms with Gasteiger partial charge in [0.05, 0.1) is 28.3 Å². The van der Waals surface area contributed by atoms with Crippen molar-refractivity contribution in [1.82, 2.24) is 15.3 Å². The molecule has 1 N–H and O–H groups in total. The van der Waals surface area contributed by atoms with Crippen molar-refractivity contribution in [2.75, 3.05) is 23.9 Å². The van der Waals surface area contributed by atoms with Crippen LogP contribution in [0.3, 0.4) is 0 Å². The molecule has 3 rings (SSSR count). The summed E-state index contributed by atoms with van der Waals surface area (Å²) in [5, 5.41) is 3.42. The maximum Gasteiger partial charge on any atom is 0.321 e. The Morgan fingerprint density at radius 1 is 1.07 bits per heavy atom. The standard InChI is InChI=1S/C21H23N5O2/c1-13-9-10-23-15(3)19(13)26(12-27)17-8-6-7-16-18(17)24-11-14(2)20(16)25(5)21(28)22-4/h6-12H,1-5H3,(H,22,28). The van der Waals surface area contributed by atoms with Gasteiger partial charge in [-0.2, -0.15) is 0 Å². The first kappa shape index (κ1) is 19.3. The number of hydrogen-bond donors (Lipinski definition) is 1. The Hall–Kier alpha value is -3.48. The first-order valence-corrected chi connectivity index (χ1v) is 8.91. The smallest absolute Gasteiger partial charge is 0.321 e. The van der Waals surface area contributed by atoms with Crippen LogP contribution in [0, 0.1) is 20.8 Å². The summed E-state index contributed by atoms with van der Waals surface area (Å²) in [5.41, 5.74) is 5.30. The van der Waals surface area contributed by atoms with Gasteiger partial charge in [-0.15, -0.1) is 0 Å². The average molecular weight is 377 g/mol. The number of hydrogen-bond acceptors (Lipinski definition) is 4. The third kappa shape index (κ3) is 3.15. The van der Waals surface area contributed by atoms with Gasteiger partial charge in [0.25, 0.3) is 0 Å². The van der Waals surface area contributed by atoms with Crippen LogP contribution >= 0.6 is 0 Å². The summed E-state index contributed by atoms with van der Waals surface area (Å²) in [5.74, 6) is 0. The van der Waals surface area contributed by atoms with Crippen LogP contribution in [0.25, 0.3) is 10.9 Å². The number of para-hydroxylation sites is 1. The normalized spacial score (nSPS) is 10.6. The fraction of sp³-hybridized carbons (Fsp3) is 0.238. The van der Waals surface area contributed by atoms with Crippen molar-refractivity contribution < 1.29 is 9.59 Å². The van der Waals surface area contributed by atoms with E-state index < -0.39 is 0 Å². The topological polar surface area (TPSA) is 78.4 Å². The Labute approximate surface area is 164 Å². The fourth-order valence-corrected chi connectivity index (χ4v) is 3.48. The number of aromatic nitrogens is 2. The van der Waals surface area contributed by atoms with Crippen LogP contribution < -0.4 is 15.1 Å². The molecule has 0 unspecified atom stereocenters. The molecule has 2 heterocycles. The number of amides is 3. The minimum atomic E-state index is -0.229. The summed E-state index contributed by atoms with van der Waals surface area (Å²) >= 11 is 0. The molecular formula is C21H23N5O2. The molecule has 0 saturated carbocycles. The van der Waals surface area contributed by atoms with Crippen molar-refractivity contribution >= 4 is 40.4 Å². The second kappa shape index (κ2) is 7.64. The van der Waals surface area contributed by atoms with Gasteiger partial charge in [-0.05, 0) is 44.0 Å². The minimum absolute atomic E-state index is 0.229. The fourth-order valence-electron chi connectivity index (χ4n) is 3.48. The molecule has 0 bridgehead atoms. The number of urea groups is 1. The SMILES string of the molecule is CNC(=O)N(C)c1c(C)cnc2c(N(C=O)c3c(C)ccnc3C)cccc12. The Balaban J connectivity index is 2.29. The van der Waals surface area contributed by atoms with Gasteiger partial charge < -0.3 is 5.32 Å². The second-order valence-electron chi connectivity index (χ2n) is 6.61. The molecule has 0 aliphatic carbocycles. The van der Waals surface area contributed by atoms with E-state index >= 15 is 0 Å². The lowest BCUT2D eigenvalue weighted by Crippen LogP contribution is -2.35. The van der Waals surface area contributed by atoms with E-state index in [0.29, 0.717) is 11.2 Å². The van der Waals surface area contributed by atoms with Crippen molar-refractivity contribution in [3.63, 3.8) is 0 Å². The molecule has 0 spiro atoms. The van der Waals surface area contributed by atoms with E-state index in [4.69, 9.17) is 0 Å². The van der Waals surface area contributed by atoms with Crippen LogP contribution in [0.4, 0.5) is 21.9 Å². The molecule has 28 heavy (non-hydrogen) atoms. The summed E-state index contributed by atoms with van der Waals surface area (Å²) in [7, 11) is 3.30. The molecule has 2 aromatic heterocycles. The molecule has 0 atom stereocenters. The van der Waals surface area contributed by atoms with Crippen LogP contribution in [0.2, 0.25) is 0 Å². The number of carbonyl (C=O) groups is 2. The molecule has 0 aliphatic rings. The molecule has 7 nitrogen and oxygen atoms in total.